The maximum absolute atomic E-state index is 13.1. The zero-order chi connectivity index (χ0) is 15.9. The molecule has 0 spiro atoms. The zero-order valence-electron chi connectivity index (χ0n) is 12.9. The second-order valence-electron chi connectivity index (χ2n) is 5.59. The first kappa shape index (κ1) is 14.4. The van der Waals surface area contributed by atoms with Gasteiger partial charge in [0.2, 0.25) is 0 Å². The Morgan fingerprint density at radius 2 is 1.86 bits per heavy atom. The maximum Gasteiger partial charge on any atom is 0.160 e. The molecule has 0 radical (unpaired) electrons. The third-order valence-corrected chi connectivity index (χ3v) is 3.88. The Hall–Kier alpha value is -2.49. The van der Waals surface area contributed by atoms with Crippen LogP contribution in [0.5, 0.6) is 0 Å². The Morgan fingerprint density at radius 1 is 1.18 bits per heavy atom. The van der Waals surface area contributed by atoms with Crippen molar-refractivity contribution < 1.29 is 9.18 Å². The first-order valence-corrected chi connectivity index (χ1v) is 7.18. The number of carbonyl (C=O) groups excluding carboxylic acids is 1. The molecule has 0 fully saturated rings. The molecule has 1 aliphatic rings. The molecule has 0 aliphatic carbocycles. The molecular weight excluding hydrogens is 279 g/mol. The number of aryl methyl sites for hydroxylation is 1. The van der Waals surface area contributed by atoms with Crippen LogP contribution in [0.3, 0.4) is 0 Å². The standard InChI is InChI=1S/C18H17FN2O/c1-11-8-16(12(2)22)17-10-21(13(3)20-18(17)9-11)15-6-4-14(19)5-7-15/h4-9H,10H2,1-3H3. The first-order chi connectivity index (χ1) is 10.5. The Morgan fingerprint density at radius 3 is 2.50 bits per heavy atom. The van der Waals surface area contributed by atoms with Gasteiger partial charge in [-0.25, -0.2) is 9.38 Å². The fourth-order valence-electron chi connectivity index (χ4n) is 2.78. The number of nitrogens with zero attached hydrogens (tertiary/aromatic N) is 2. The molecule has 2 aromatic carbocycles. The number of carbonyl (C=O) groups is 1. The maximum atomic E-state index is 13.1. The van der Waals surface area contributed by atoms with Gasteiger partial charge < -0.3 is 4.90 Å². The molecule has 0 bridgehead atoms. The monoisotopic (exact) mass is 296 g/mol. The molecule has 0 saturated carbocycles. The van der Waals surface area contributed by atoms with E-state index in [9.17, 15) is 9.18 Å². The quantitative estimate of drug-likeness (QED) is 0.769. The molecule has 4 heteroatoms. The van der Waals surface area contributed by atoms with E-state index < -0.39 is 0 Å². The van der Waals surface area contributed by atoms with E-state index in [-0.39, 0.29) is 11.6 Å². The van der Waals surface area contributed by atoms with Crippen molar-refractivity contribution in [1.82, 2.24) is 0 Å². The van der Waals surface area contributed by atoms with Crippen LogP contribution in [0.25, 0.3) is 0 Å². The number of ketones is 1. The highest BCUT2D eigenvalue weighted by atomic mass is 19.1. The SMILES string of the molecule is CC(=O)c1cc(C)cc2c1CN(c1ccc(F)cc1)C(C)=N2. The second kappa shape index (κ2) is 5.37. The van der Waals surface area contributed by atoms with Crippen LogP contribution in [0.1, 0.15) is 35.3 Å². The number of rotatable bonds is 2. The summed E-state index contributed by atoms with van der Waals surface area (Å²) in [6.45, 7) is 6.01. The Balaban J connectivity index is 2.09. The van der Waals surface area contributed by atoms with Gasteiger partial charge in [0.05, 0.1) is 12.2 Å². The van der Waals surface area contributed by atoms with Gasteiger partial charge in [-0.3, -0.25) is 4.79 Å². The van der Waals surface area contributed by atoms with Crippen molar-refractivity contribution in [3.05, 3.63) is 58.9 Å². The van der Waals surface area contributed by atoms with E-state index in [4.69, 9.17) is 0 Å². The van der Waals surface area contributed by atoms with Crippen molar-refractivity contribution >= 4 is 23.0 Å². The molecule has 0 atom stereocenters. The van der Waals surface area contributed by atoms with Crippen LogP contribution in [0.2, 0.25) is 0 Å². The van der Waals surface area contributed by atoms with Gasteiger partial charge >= 0.3 is 0 Å². The third-order valence-electron chi connectivity index (χ3n) is 3.88. The molecule has 0 aromatic heterocycles. The number of fused-ring (bicyclic) bond motifs is 1. The Bertz CT molecular complexity index is 778. The van der Waals surface area contributed by atoms with Gasteiger partial charge in [0, 0.05) is 16.8 Å². The van der Waals surface area contributed by atoms with Crippen molar-refractivity contribution in [3.8, 4) is 0 Å². The van der Waals surface area contributed by atoms with Gasteiger partial charge in [0.25, 0.3) is 0 Å². The average molecular weight is 296 g/mol. The molecule has 0 unspecified atom stereocenters. The van der Waals surface area contributed by atoms with Crippen LogP contribution < -0.4 is 4.90 Å². The second-order valence-corrected chi connectivity index (χ2v) is 5.59. The molecule has 22 heavy (non-hydrogen) atoms. The summed E-state index contributed by atoms with van der Waals surface area (Å²) in [7, 11) is 0. The minimum Gasteiger partial charge on any atom is -0.326 e. The van der Waals surface area contributed by atoms with Gasteiger partial charge in [0.15, 0.2) is 5.78 Å². The highest BCUT2D eigenvalue weighted by molar-refractivity contribution is 6.03. The van der Waals surface area contributed by atoms with Crippen molar-refractivity contribution in [2.45, 2.75) is 27.3 Å². The molecule has 1 aliphatic heterocycles. The van der Waals surface area contributed by atoms with Crippen LogP contribution in [0.4, 0.5) is 15.8 Å². The summed E-state index contributed by atoms with van der Waals surface area (Å²) in [4.78, 5) is 18.5. The van der Waals surface area contributed by atoms with Crippen LogP contribution in [-0.4, -0.2) is 11.6 Å². The number of Topliss-reactive ketones (excluding diaryl/α,β-unsaturated/α-hetero) is 1. The van der Waals surface area contributed by atoms with Gasteiger partial charge in [-0.15, -0.1) is 0 Å². The Kier molecular flexibility index (Phi) is 3.53. The lowest BCUT2D eigenvalue weighted by Gasteiger charge is -2.30. The molecule has 1 heterocycles. The summed E-state index contributed by atoms with van der Waals surface area (Å²) in [5.74, 6) is 0.601. The highest BCUT2D eigenvalue weighted by Crippen LogP contribution is 2.33. The first-order valence-electron chi connectivity index (χ1n) is 7.18. The third kappa shape index (κ3) is 2.52. The van der Waals surface area contributed by atoms with Gasteiger partial charge in [0.1, 0.15) is 11.7 Å². The van der Waals surface area contributed by atoms with E-state index in [1.807, 2.05) is 30.9 Å². The van der Waals surface area contributed by atoms with Gasteiger partial charge in [-0.2, -0.15) is 0 Å². The predicted octanol–water partition coefficient (Wildman–Crippen LogP) is 4.41. The van der Waals surface area contributed by atoms with E-state index in [2.05, 4.69) is 4.99 Å². The van der Waals surface area contributed by atoms with Crippen molar-refractivity contribution in [3.63, 3.8) is 0 Å². The smallest absolute Gasteiger partial charge is 0.160 e. The van der Waals surface area contributed by atoms with Crippen molar-refractivity contribution in [2.75, 3.05) is 4.90 Å². The highest BCUT2D eigenvalue weighted by Gasteiger charge is 2.22. The summed E-state index contributed by atoms with van der Waals surface area (Å²) < 4.78 is 13.1. The minimum absolute atomic E-state index is 0.0359. The van der Waals surface area contributed by atoms with Crippen LogP contribution in [0, 0.1) is 12.7 Å². The van der Waals surface area contributed by atoms with E-state index >= 15 is 0 Å². The number of anilines is 1. The fraction of sp³-hybridized carbons (Fsp3) is 0.222. The summed E-state index contributed by atoms with van der Waals surface area (Å²) >= 11 is 0. The van der Waals surface area contributed by atoms with Crippen LogP contribution >= 0.6 is 0 Å². The van der Waals surface area contributed by atoms with E-state index in [0.717, 1.165) is 28.3 Å². The van der Waals surface area contributed by atoms with Crippen LogP contribution in [-0.2, 0) is 6.54 Å². The number of hydrogen-bond acceptors (Lipinski definition) is 3. The minimum atomic E-state index is -0.268. The summed E-state index contributed by atoms with van der Waals surface area (Å²) in [6.07, 6.45) is 0. The van der Waals surface area contributed by atoms with Gasteiger partial charge in [-0.05, 0) is 62.7 Å². The zero-order valence-corrected chi connectivity index (χ0v) is 12.9. The van der Waals surface area contributed by atoms with Crippen molar-refractivity contribution in [2.24, 2.45) is 4.99 Å². The number of hydrogen-bond donors (Lipinski definition) is 0. The molecular formula is C18H17FN2O. The fourth-order valence-corrected chi connectivity index (χ4v) is 2.78. The van der Waals surface area contributed by atoms with Crippen LogP contribution in [0.15, 0.2) is 41.4 Å². The average Bonchev–Trinajstić information content (AvgIpc) is 2.46. The van der Waals surface area contributed by atoms with Crippen molar-refractivity contribution in [1.29, 1.82) is 0 Å². The molecule has 0 saturated heterocycles. The topological polar surface area (TPSA) is 32.7 Å². The lowest BCUT2D eigenvalue weighted by atomic mass is 9.97. The summed E-state index contributed by atoms with van der Waals surface area (Å²) in [5, 5.41) is 0. The van der Waals surface area contributed by atoms with E-state index in [0.29, 0.717) is 12.1 Å². The number of halogens is 1. The molecule has 2 aromatic rings. The number of amidine groups is 1. The lowest BCUT2D eigenvalue weighted by Crippen LogP contribution is -2.31. The van der Waals surface area contributed by atoms with E-state index in [1.165, 1.54) is 12.1 Å². The number of benzene rings is 2. The molecule has 0 N–H and O–H groups in total. The predicted molar refractivity (Wildman–Crippen MR) is 86.5 cm³/mol. The Labute approximate surface area is 129 Å². The van der Waals surface area contributed by atoms with E-state index in [1.54, 1.807) is 19.1 Å². The summed E-state index contributed by atoms with van der Waals surface area (Å²) in [6, 6.07) is 10.2. The molecule has 3 rings (SSSR count). The molecule has 3 nitrogen and oxygen atoms in total. The lowest BCUT2D eigenvalue weighted by molar-refractivity contribution is 0.101. The largest absolute Gasteiger partial charge is 0.326 e. The number of aliphatic imine (C=N–C) groups is 1. The van der Waals surface area contributed by atoms with Gasteiger partial charge in [-0.1, -0.05) is 0 Å². The molecule has 112 valence electrons. The normalized spacial score (nSPS) is 13.6. The molecule has 0 amide bonds. The summed E-state index contributed by atoms with van der Waals surface area (Å²) in [5.41, 5.74) is 4.37.